The van der Waals surface area contributed by atoms with Crippen LogP contribution in [0.3, 0.4) is 0 Å². The Hall–Kier alpha value is -2.82. The third-order valence-electron chi connectivity index (χ3n) is 3.78. The van der Waals surface area contributed by atoms with Gasteiger partial charge >= 0.3 is 0 Å². The van der Waals surface area contributed by atoms with E-state index in [1.165, 1.54) is 6.21 Å². The molecule has 0 aromatic heterocycles. The van der Waals surface area contributed by atoms with Gasteiger partial charge in [-0.15, -0.1) is 0 Å². The van der Waals surface area contributed by atoms with Crippen LogP contribution >= 0.6 is 0 Å². The third kappa shape index (κ3) is 5.64. The molecule has 0 radical (unpaired) electrons. The van der Waals surface area contributed by atoms with Gasteiger partial charge in [0.05, 0.1) is 5.97 Å². The molecule has 1 unspecified atom stereocenters. The number of carbonyl (C=O) groups is 1. The summed E-state index contributed by atoms with van der Waals surface area (Å²) in [4.78, 5) is 19.7. The normalized spacial score (nSPS) is 14.0. The topological polar surface area (TPSA) is 64.8 Å². The van der Waals surface area contributed by atoms with Crippen LogP contribution in [0, 0.1) is 0 Å². The van der Waals surface area contributed by atoms with Crippen molar-refractivity contribution < 1.29 is 14.3 Å². The van der Waals surface area contributed by atoms with E-state index in [1.54, 1.807) is 30.5 Å². The van der Waals surface area contributed by atoms with Crippen molar-refractivity contribution in [2.75, 3.05) is 13.2 Å². The first-order valence-electron chi connectivity index (χ1n) is 8.09. The molecule has 0 saturated heterocycles. The van der Waals surface area contributed by atoms with E-state index in [0.29, 0.717) is 18.5 Å². The Kier molecular flexibility index (Phi) is 7.01. The summed E-state index contributed by atoms with van der Waals surface area (Å²) in [5.41, 5.74) is -0.192. The Morgan fingerprint density at radius 2 is 1.56 bits per heavy atom. The predicted molar refractivity (Wildman–Crippen MR) is 95.9 cm³/mol. The number of hydrogen-bond acceptors (Lipinski definition) is 4. The van der Waals surface area contributed by atoms with Gasteiger partial charge in [0.1, 0.15) is 12.2 Å². The van der Waals surface area contributed by atoms with E-state index in [0.717, 1.165) is 5.56 Å². The van der Waals surface area contributed by atoms with Crippen LogP contribution in [0.5, 0.6) is 0 Å². The first-order chi connectivity index (χ1) is 12.2. The van der Waals surface area contributed by atoms with Gasteiger partial charge in [0, 0.05) is 19.0 Å². The van der Waals surface area contributed by atoms with E-state index >= 15 is 0 Å². The third-order valence-corrected chi connectivity index (χ3v) is 3.78. The monoisotopic (exact) mass is 339 g/mol. The number of carboxylic acid groups (broad SMARTS) is 1. The Morgan fingerprint density at radius 1 is 1.00 bits per heavy atom. The lowest BCUT2D eigenvalue weighted by atomic mass is 9.95. The summed E-state index contributed by atoms with van der Waals surface area (Å²) in [5.74, 6) is -1.51. The molecule has 0 aliphatic heterocycles. The number of aliphatic imine (C=N–C) groups is 2. The van der Waals surface area contributed by atoms with Crippen molar-refractivity contribution in [2.24, 2.45) is 9.98 Å². The summed E-state index contributed by atoms with van der Waals surface area (Å²) >= 11 is 0. The molecule has 0 spiro atoms. The van der Waals surface area contributed by atoms with Gasteiger partial charge < -0.3 is 9.90 Å². The Bertz CT molecular complexity index is 717. The summed E-state index contributed by atoms with van der Waals surface area (Å²) in [5, 5.41) is 11.5. The van der Waals surface area contributed by atoms with E-state index in [-0.39, 0.29) is 6.42 Å². The number of halogens is 1. The highest BCUT2D eigenvalue weighted by molar-refractivity contribution is 5.85. The minimum Gasteiger partial charge on any atom is -0.547 e. The summed E-state index contributed by atoms with van der Waals surface area (Å²) in [6, 6.07) is 18.5. The first kappa shape index (κ1) is 18.5. The van der Waals surface area contributed by atoms with Crippen molar-refractivity contribution in [1.29, 1.82) is 0 Å². The van der Waals surface area contributed by atoms with Crippen molar-refractivity contribution in [3.63, 3.8) is 0 Å². The minimum absolute atomic E-state index is 0.0291. The van der Waals surface area contributed by atoms with Crippen LogP contribution < -0.4 is 5.11 Å². The van der Waals surface area contributed by atoms with Gasteiger partial charge in [-0.2, -0.15) is 0 Å². The summed E-state index contributed by atoms with van der Waals surface area (Å²) in [6.45, 7) is -0.716. The lowest BCUT2D eigenvalue weighted by Crippen LogP contribution is -2.49. The van der Waals surface area contributed by atoms with E-state index in [1.807, 2.05) is 36.4 Å². The molecule has 0 bridgehead atoms. The zero-order valence-electron chi connectivity index (χ0n) is 13.8. The SMILES string of the molecule is O=C([O-])C(CF)(CCCN=Cc1ccccc1)N=Cc1ccccc1. The highest BCUT2D eigenvalue weighted by atomic mass is 19.1. The number of carbonyl (C=O) groups excluding carboxylic acids is 1. The molecule has 0 fully saturated rings. The Morgan fingerprint density at radius 3 is 2.08 bits per heavy atom. The standard InChI is InChI=1S/C20H21FN2O2/c21-16-20(19(24)25,23-15-18-10-5-2-6-11-18)12-7-13-22-14-17-8-3-1-4-9-17/h1-6,8-11,14-15H,7,12-13,16H2,(H,24,25)/p-1. The first-order valence-corrected chi connectivity index (χ1v) is 8.09. The maximum absolute atomic E-state index is 13.5. The fourth-order valence-corrected chi connectivity index (χ4v) is 2.28. The highest BCUT2D eigenvalue weighted by Gasteiger charge is 2.30. The molecule has 2 rings (SSSR count). The van der Waals surface area contributed by atoms with Crippen LogP contribution in [0.2, 0.25) is 0 Å². The van der Waals surface area contributed by atoms with Crippen molar-refractivity contribution in [2.45, 2.75) is 18.4 Å². The zero-order chi connectivity index (χ0) is 18.0. The lowest BCUT2D eigenvalue weighted by molar-refractivity contribution is -0.313. The molecule has 25 heavy (non-hydrogen) atoms. The van der Waals surface area contributed by atoms with Crippen LogP contribution in [-0.4, -0.2) is 37.2 Å². The molecule has 0 heterocycles. The van der Waals surface area contributed by atoms with E-state index < -0.39 is 18.2 Å². The van der Waals surface area contributed by atoms with Crippen molar-refractivity contribution in [1.82, 2.24) is 0 Å². The van der Waals surface area contributed by atoms with Crippen LogP contribution in [0.1, 0.15) is 24.0 Å². The van der Waals surface area contributed by atoms with E-state index in [4.69, 9.17) is 0 Å². The molecule has 2 aromatic carbocycles. The van der Waals surface area contributed by atoms with Crippen molar-refractivity contribution in [3.05, 3.63) is 71.8 Å². The van der Waals surface area contributed by atoms with Crippen LogP contribution in [0.25, 0.3) is 0 Å². The molecular formula is C20H20FN2O2-. The largest absolute Gasteiger partial charge is 0.547 e. The van der Waals surface area contributed by atoms with E-state index in [9.17, 15) is 14.3 Å². The average Bonchev–Trinajstić information content (AvgIpc) is 2.65. The highest BCUT2D eigenvalue weighted by Crippen LogP contribution is 2.19. The predicted octanol–water partition coefficient (Wildman–Crippen LogP) is 2.46. The van der Waals surface area contributed by atoms with Crippen molar-refractivity contribution in [3.8, 4) is 0 Å². The van der Waals surface area contributed by atoms with Gasteiger partial charge in [0.25, 0.3) is 0 Å². The fraction of sp³-hybridized carbons (Fsp3) is 0.250. The molecule has 1 atom stereocenters. The second-order valence-electron chi connectivity index (χ2n) is 5.67. The maximum Gasteiger partial charge on any atom is 0.128 e. The number of nitrogens with zero attached hydrogens (tertiary/aromatic N) is 2. The van der Waals surface area contributed by atoms with Gasteiger partial charge in [-0.05, 0) is 24.0 Å². The second kappa shape index (κ2) is 9.47. The minimum atomic E-state index is -1.86. The number of benzene rings is 2. The molecule has 5 heteroatoms. The average molecular weight is 339 g/mol. The Labute approximate surface area is 146 Å². The number of alkyl halides is 1. The molecule has 2 aromatic rings. The van der Waals surface area contributed by atoms with Crippen LogP contribution in [-0.2, 0) is 4.79 Å². The summed E-state index contributed by atoms with van der Waals surface area (Å²) in [6.07, 6.45) is 3.51. The smallest absolute Gasteiger partial charge is 0.128 e. The lowest BCUT2D eigenvalue weighted by Gasteiger charge is -2.27. The molecule has 0 amide bonds. The van der Waals surface area contributed by atoms with Gasteiger partial charge in [-0.25, -0.2) is 4.39 Å². The van der Waals surface area contributed by atoms with Gasteiger partial charge in [0.15, 0.2) is 0 Å². The molecular weight excluding hydrogens is 319 g/mol. The molecule has 130 valence electrons. The van der Waals surface area contributed by atoms with Gasteiger partial charge in [-0.1, -0.05) is 60.7 Å². The quantitative estimate of drug-likeness (QED) is 0.520. The number of rotatable bonds is 9. The molecule has 0 saturated carbocycles. The maximum atomic E-state index is 13.5. The van der Waals surface area contributed by atoms with Crippen molar-refractivity contribution >= 4 is 18.4 Å². The number of aliphatic carboxylic acids is 1. The number of hydrogen-bond donors (Lipinski definition) is 0. The van der Waals surface area contributed by atoms with Crippen LogP contribution in [0.15, 0.2) is 70.6 Å². The molecule has 0 N–H and O–H groups in total. The molecule has 0 aliphatic carbocycles. The van der Waals surface area contributed by atoms with E-state index in [2.05, 4.69) is 9.98 Å². The van der Waals surface area contributed by atoms with Gasteiger partial charge in [-0.3, -0.25) is 9.98 Å². The molecule has 0 aliphatic rings. The molecule has 4 nitrogen and oxygen atoms in total. The van der Waals surface area contributed by atoms with Gasteiger partial charge in [0.2, 0.25) is 0 Å². The summed E-state index contributed by atoms with van der Waals surface area (Å²) in [7, 11) is 0. The Balaban J connectivity index is 1.96. The zero-order valence-corrected chi connectivity index (χ0v) is 13.8. The fourth-order valence-electron chi connectivity index (χ4n) is 2.28. The number of carboxylic acids is 1. The summed E-state index contributed by atoms with van der Waals surface area (Å²) < 4.78 is 13.5. The van der Waals surface area contributed by atoms with Crippen LogP contribution in [0.4, 0.5) is 4.39 Å². The second-order valence-corrected chi connectivity index (χ2v) is 5.67.